The SMILES string of the molecule is CCOC(=O)[C@H]1CCCCN1NOCc1ccccc1. The van der Waals surface area contributed by atoms with E-state index in [-0.39, 0.29) is 12.0 Å². The molecule has 0 unspecified atom stereocenters. The molecule has 2 rings (SSSR count). The summed E-state index contributed by atoms with van der Waals surface area (Å²) >= 11 is 0. The van der Waals surface area contributed by atoms with Crippen LogP contribution in [0.15, 0.2) is 30.3 Å². The zero-order valence-corrected chi connectivity index (χ0v) is 11.9. The van der Waals surface area contributed by atoms with Gasteiger partial charge < -0.3 is 4.74 Å². The maximum Gasteiger partial charge on any atom is 0.324 e. The van der Waals surface area contributed by atoms with Gasteiger partial charge in [-0.1, -0.05) is 30.3 Å². The van der Waals surface area contributed by atoms with E-state index in [4.69, 9.17) is 9.57 Å². The zero-order valence-electron chi connectivity index (χ0n) is 11.9. The van der Waals surface area contributed by atoms with Gasteiger partial charge in [0.1, 0.15) is 6.04 Å². The molecule has 5 nitrogen and oxygen atoms in total. The van der Waals surface area contributed by atoms with Gasteiger partial charge in [0.25, 0.3) is 0 Å². The third-order valence-corrected chi connectivity index (χ3v) is 3.32. The summed E-state index contributed by atoms with van der Waals surface area (Å²) in [5.41, 5.74) is 3.98. The first-order chi connectivity index (χ1) is 9.81. The second-order valence-corrected chi connectivity index (χ2v) is 4.82. The van der Waals surface area contributed by atoms with Gasteiger partial charge in [-0.3, -0.25) is 9.63 Å². The molecule has 1 saturated heterocycles. The quantitative estimate of drug-likeness (QED) is 0.637. The monoisotopic (exact) mass is 278 g/mol. The molecule has 1 aliphatic rings. The molecule has 5 heteroatoms. The van der Waals surface area contributed by atoms with Crippen LogP contribution >= 0.6 is 0 Å². The minimum atomic E-state index is -0.250. The number of hydrogen-bond donors (Lipinski definition) is 1. The minimum Gasteiger partial charge on any atom is -0.465 e. The second kappa shape index (κ2) is 7.99. The van der Waals surface area contributed by atoms with Gasteiger partial charge in [0, 0.05) is 6.54 Å². The van der Waals surface area contributed by atoms with Gasteiger partial charge in [-0.2, -0.15) is 0 Å². The van der Waals surface area contributed by atoms with Crippen LogP contribution in [0, 0.1) is 0 Å². The fourth-order valence-electron chi connectivity index (χ4n) is 2.30. The number of benzene rings is 1. The summed E-state index contributed by atoms with van der Waals surface area (Å²) in [5.74, 6) is -0.178. The smallest absolute Gasteiger partial charge is 0.324 e. The number of rotatable bonds is 6. The van der Waals surface area contributed by atoms with Crippen molar-refractivity contribution in [3.63, 3.8) is 0 Å². The van der Waals surface area contributed by atoms with Gasteiger partial charge >= 0.3 is 5.97 Å². The molecule has 1 heterocycles. The Morgan fingerprint density at radius 2 is 2.15 bits per heavy atom. The van der Waals surface area contributed by atoms with E-state index in [9.17, 15) is 4.79 Å². The lowest BCUT2D eigenvalue weighted by Crippen LogP contribution is -2.52. The predicted molar refractivity (Wildman–Crippen MR) is 75.3 cm³/mol. The van der Waals surface area contributed by atoms with Crippen LogP contribution in [-0.2, 0) is 21.0 Å². The summed E-state index contributed by atoms with van der Waals surface area (Å²) in [6.07, 6.45) is 2.90. The fraction of sp³-hybridized carbons (Fsp3) is 0.533. The number of piperidine rings is 1. The van der Waals surface area contributed by atoms with Crippen molar-refractivity contribution in [3.05, 3.63) is 35.9 Å². The Morgan fingerprint density at radius 3 is 2.90 bits per heavy atom. The number of carbonyl (C=O) groups excluding carboxylic acids is 1. The van der Waals surface area contributed by atoms with E-state index in [1.807, 2.05) is 42.3 Å². The van der Waals surface area contributed by atoms with Gasteiger partial charge in [-0.25, -0.2) is 5.01 Å². The average Bonchev–Trinajstić information content (AvgIpc) is 2.49. The first-order valence-electron chi connectivity index (χ1n) is 7.16. The van der Waals surface area contributed by atoms with Gasteiger partial charge in [-0.05, 0) is 31.7 Å². The van der Waals surface area contributed by atoms with Crippen LogP contribution in [0.4, 0.5) is 0 Å². The van der Waals surface area contributed by atoms with E-state index in [0.717, 1.165) is 31.4 Å². The van der Waals surface area contributed by atoms with Crippen molar-refractivity contribution in [1.82, 2.24) is 10.6 Å². The Hall–Kier alpha value is -1.43. The normalized spacial score (nSPS) is 19.8. The predicted octanol–water partition coefficient (Wildman–Crippen LogP) is 2.04. The molecule has 0 amide bonds. The summed E-state index contributed by atoms with van der Waals surface area (Å²) < 4.78 is 5.10. The summed E-state index contributed by atoms with van der Waals surface area (Å²) in [5, 5.41) is 1.84. The summed E-state index contributed by atoms with van der Waals surface area (Å²) in [7, 11) is 0. The van der Waals surface area contributed by atoms with Crippen molar-refractivity contribution in [1.29, 1.82) is 0 Å². The topological polar surface area (TPSA) is 50.8 Å². The van der Waals surface area contributed by atoms with Crippen LogP contribution in [-0.4, -0.2) is 30.2 Å². The molecule has 110 valence electrons. The van der Waals surface area contributed by atoms with E-state index in [1.54, 1.807) is 0 Å². The zero-order chi connectivity index (χ0) is 14.2. The molecule has 0 saturated carbocycles. The molecule has 1 aromatic rings. The molecule has 20 heavy (non-hydrogen) atoms. The van der Waals surface area contributed by atoms with Crippen molar-refractivity contribution >= 4 is 5.97 Å². The maximum absolute atomic E-state index is 11.9. The highest BCUT2D eigenvalue weighted by atomic mass is 16.7. The number of nitrogens with one attached hydrogen (secondary N) is 1. The van der Waals surface area contributed by atoms with Crippen molar-refractivity contribution in [2.45, 2.75) is 38.8 Å². The number of esters is 1. The second-order valence-electron chi connectivity index (χ2n) is 4.82. The number of hydrazine groups is 1. The van der Waals surface area contributed by atoms with Crippen LogP contribution in [0.2, 0.25) is 0 Å². The molecule has 1 atom stereocenters. The van der Waals surface area contributed by atoms with Crippen molar-refractivity contribution in [3.8, 4) is 0 Å². The van der Waals surface area contributed by atoms with Crippen LogP contribution < -0.4 is 5.59 Å². The van der Waals surface area contributed by atoms with Crippen LogP contribution in [0.5, 0.6) is 0 Å². The molecule has 1 N–H and O–H groups in total. The summed E-state index contributed by atoms with van der Waals surface area (Å²) in [6, 6.07) is 9.67. The third-order valence-electron chi connectivity index (χ3n) is 3.32. The van der Waals surface area contributed by atoms with Gasteiger partial charge in [0.05, 0.1) is 13.2 Å². The van der Waals surface area contributed by atoms with Gasteiger partial charge in [-0.15, -0.1) is 5.59 Å². The summed E-state index contributed by atoms with van der Waals surface area (Å²) in [4.78, 5) is 17.4. The number of nitrogens with zero attached hydrogens (tertiary/aromatic N) is 1. The van der Waals surface area contributed by atoms with Crippen LogP contribution in [0.1, 0.15) is 31.7 Å². The number of ether oxygens (including phenoxy) is 1. The highest BCUT2D eigenvalue weighted by molar-refractivity contribution is 5.75. The Kier molecular flexibility index (Phi) is 5.98. The van der Waals surface area contributed by atoms with Crippen molar-refractivity contribution in [2.24, 2.45) is 0 Å². The van der Waals surface area contributed by atoms with Crippen LogP contribution in [0.3, 0.4) is 0 Å². The Balaban J connectivity index is 1.81. The largest absolute Gasteiger partial charge is 0.465 e. The Labute approximate surface area is 119 Å². The lowest BCUT2D eigenvalue weighted by Gasteiger charge is -2.33. The van der Waals surface area contributed by atoms with Crippen molar-refractivity contribution in [2.75, 3.05) is 13.2 Å². The highest BCUT2D eigenvalue weighted by Gasteiger charge is 2.30. The number of hydrogen-bond acceptors (Lipinski definition) is 5. The molecule has 0 bridgehead atoms. The van der Waals surface area contributed by atoms with E-state index < -0.39 is 0 Å². The molecular weight excluding hydrogens is 256 g/mol. The lowest BCUT2D eigenvalue weighted by atomic mass is 10.0. The van der Waals surface area contributed by atoms with E-state index >= 15 is 0 Å². The third kappa shape index (κ3) is 4.30. The molecule has 0 spiro atoms. The molecular formula is C15H22N2O3. The highest BCUT2D eigenvalue weighted by Crippen LogP contribution is 2.16. The fourth-order valence-corrected chi connectivity index (χ4v) is 2.30. The molecule has 1 aliphatic heterocycles. The van der Waals surface area contributed by atoms with E-state index in [2.05, 4.69) is 5.59 Å². The lowest BCUT2D eigenvalue weighted by molar-refractivity contribution is -0.167. The average molecular weight is 278 g/mol. The Bertz CT molecular complexity index is 411. The first kappa shape index (κ1) is 15.0. The van der Waals surface area contributed by atoms with Gasteiger partial charge in [0.15, 0.2) is 0 Å². The number of carbonyl (C=O) groups is 1. The van der Waals surface area contributed by atoms with E-state index in [0.29, 0.717) is 13.2 Å². The van der Waals surface area contributed by atoms with E-state index in [1.165, 1.54) is 0 Å². The molecule has 1 aromatic carbocycles. The summed E-state index contributed by atoms with van der Waals surface area (Å²) in [6.45, 7) is 3.49. The first-order valence-corrected chi connectivity index (χ1v) is 7.16. The maximum atomic E-state index is 11.9. The molecule has 0 aromatic heterocycles. The molecule has 0 radical (unpaired) electrons. The van der Waals surface area contributed by atoms with Crippen LogP contribution in [0.25, 0.3) is 0 Å². The Morgan fingerprint density at radius 1 is 1.35 bits per heavy atom. The standard InChI is InChI=1S/C15H22N2O3/c1-2-19-15(18)14-10-6-7-11-17(14)16-20-12-13-8-4-3-5-9-13/h3-5,8-9,14,16H,2,6-7,10-12H2,1H3/t14-/m1/s1. The van der Waals surface area contributed by atoms with Crippen molar-refractivity contribution < 1.29 is 14.4 Å². The molecule has 1 fully saturated rings. The molecule has 0 aliphatic carbocycles. The van der Waals surface area contributed by atoms with Gasteiger partial charge in [0.2, 0.25) is 0 Å². The minimum absolute atomic E-state index is 0.178.